The van der Waals surface area contributed by atoms with Crippen molar-refractivity contribution < 1.29 is 0 Å². The Morgan fingerprint density at radius 3 is 2.76 bits per heavy atom. The number of nitrogens with one attached hydrogen (secondary N) is 1. The number of rotatable bonds is 5. The third-order valence-corrected chi connectivity index (χ3v) is 2.40. The Kier molecular flexibility index (Phi) is 3.69. The van der Waals surface area contributed by atoms with Gasteiger partial charge in [0.15, 0.2) is 0 Å². The van der Waals surface area contributed by atoms with E-state index in [0.717, 1.165) is 36.6 Å². The van der Waals surface area contributed by atoms with Gasteiger partial charge in [-0.05, 0) is 25.5 Å². The molecule has 0 aliphatic rings. The van der Waals surface area contributed by atoms with E-state index in [0.29, 0.717) is 0 Å². The van der Waals surface area contributed by atoms with Crippen LogP contribution in [0.15, 0.2) is 24.5 Å². The molecule has 2 heterocycles. The van der Waals surface area contributed by atoms with Gasteiger partial charge >= 0.3 is 0 Å². The van der Waals surface area contributed by atoms with Gasteiger partial charge in [0.25, 0.3) is 0 Å². The van der Waals surface area contributed by atoms with Gasteiger partial charge in [-0.1, -0.05) is 6.92 Å². The Hall–Kier alpha value is -1.91. The smallest absolute Gasteiger partial charge is 0.148 e. The molecule has 90 valence electrons. The molecule has 2 rings (SSSR count). The average Bonchev–Trinajstić information content (AvgIpc) is 2.80. The molecule has 0 unspecified atom stereocenters. The quantitative estimate of drug-likeness (QED) is 0.857. The van der Waals surface area contributed by atoms with E-state index < -0.39 is 0 Å². The van der Waals surface area contributed by atoms with Gasteiger partial charge in [0.2, 0.25) is 0 Å². The van der Waals surface area contributed by atoms with E-state index in [2.05, 4.69) is 27.5 Å². The SMILES string of the molecule is CCCn1cc(-c2ccc(NCC)nn2)cn1. The van der Waals surface area contributed by atoms with Gasteiger partial charge in [-0.2, -0.15) is 5.10 Å². The summed E-state index contributed by atoms with van der Waals surface area (Å²) in [6, 6.07) is 3.89. The predicted molar refractivity (Wildman–Crippen MR) is 67.7 cm³/mol. The lowest BCUT2D eigenvalue weighted by atomic mass is 10.2. The molecule has 17 heavy (non-hydrogen) atoms. The van der Waals surface area contributed by atoms with Crippen LogP contribution in [-0.2, 0) is 6.54 Å². The number of anilines is 1. The van der Waals surface area contributed by atoms with Crippen LogP contribution in [0.5, 0.6) is 0 Å². The van der Waals surface area contributed by atoms with Crippen LogP contribution in [0.2, 0.25) is 0 Å². The Bertz CT molecular complexity index is 460. The predicted octanol–water partition coefficient (Wildman–Crippen LogP) is 2.18. The molecule has 0 fully saturated rings. The summed E-state index contributed by atoms with van der Waals surface area (Å²) in [4.78, 5) is 0. The first-order chi connectivity index (χ1) is 8.33. The zero-order chi connectivity index (χ0) is 12.1. The van der Waals surface area contributed by atoms with Crippen molar-refractivity contribution >= 4 is 5.82 Å². The Labute approximate surface area is 101 Å². The third-order valence-electron chi connectivity index (χ3n) is 2.40. The number of hydrogen-bond donors (Lipinski definition) is 1. The number of aryl methyl sites for hydroxylation is 1. The molecule has 0 amide bonds. The molecular formula is C12H17N5. The van der Waals surface area contributed by atoms with Gasteiger partial charge in [-0.15, -0.1) is 10.2 Å². The molecule has 1 N–H and O–H groups in total. The lowest BCUT2D eigenvalue weighted by molar-refractivity contribution is 0.603. The maximum atomic E-state index is 4.27. The fraction of sp³-hybridized carbons (Fsp3) is 0.417. The average molecular weight is 231 g/mol. The van der Waals surface area contributed by atoms with Crippen LogP contribution in [0.3, 0.4) is 0 Å². The lowest BCUT2D eigenvalue weighted by Gasteiger charge is -2.01. The highest BCUT2D eigenvalue weighted by molar-refractivity contribution is 5.57. The molecule has 0 radical (unpaired) electrons. The fourth-order valence-electron chi connectivity index (χ4n) is 1.61. The summed E-state index contributed by atoms with van der Waals surface area (Å²) in [6.07, 6.45) is 4.90. The molecule has 2 aromatic rings. The molecule has 2 aromatic heterocycles. The number of hydrogen-bond acceptors (Lipinski definition) is 4. The molecule has 0 aliphatic heterocycles. The van der Waals surface area contributed by atoms with Crippen molar-refractivity contribution in [3.8, 4) is 11.3 Å². The Morgan fingerprint density at radius 2 is 2.12 bits per heavy atom. The molecule has 0 saturated heterocycles. The van der Waals surface area contributed by atoms with Crippen molar-refractivity contribution in [2.45, 2.75) is 26.8 Å². The zero-order valence-electron chi connectivity index (χ0n) is 10.2. The van der Waals surface area contributed by atoms with E-state index in [1.54, 1.807) is 0 Å². The topological polar surface area (TPSA) is 55.6 Å². The van der Waals surface area contributed by atoms with Crippen molar-refractivity contribution in [1.29, 1.82) is 0 Å². The van der Waals surface area contributed by atoms with Crippen LogP contribution in [-0.4, -0.2) is 26.5 Å². The molecule has 0 aliphatic carbocycles. The van der Waals surface area contributed by atoms with Gasteiger partial charge in [-0.3, -0.25) is 4.68 Å². The normalized spacial score (nSPS) is 10.5. The summed E-state index contributed by atoms with van der Waals surface area (Å²) in [6.45, 7) is 5.95. The van der Waals surface area contributed by atoms with Crippen LogP contribution in [0.4, 0.5) is 5.82 Å². The molecule has 0 spiro atoms. The second kappa shape index (κ2) is 5.43. The highest BCUT2D eigenvalue weighted by atomic mass is 15.3. The summed E-state index contributed by atoms with van der Waals surface area (Å²) in [5.41, 5.74) is 1.86. The van der Waals surface area contributed by atoms with Crippen LogP contribution in [0, 0.1) is 0 Å². The lowest BCUT2D eigenvalue weighted by Crippen LogP contribution is -2.00. The van der Waals surface area contributed by atoms with Gasteiger partial charge in [-0.25, -0.2) is 0 Å². The highest BCUT2D eigenvalue weighted by Crippen LogP contribution is 2.16. The van der Waals surface area contributed by atoms with Crippen molar-refractivity contribution in [2.75, 3.05) is 11.9 Å². The first kappa shape index (κ1) is 11.6. The largest absolute Gasteiger partial charge is 0.369 e. The molecule has 0 aromatic carbocycles. The Morgan fingerprint density at radius 1 is 1.24 bits per heavy atom. The first-order valence-corrected chi connectivity index (χ1v) is 5.94. The summed E-state index contributed by atoms with van der Waals surface area (Å²) >= 11 is 0. The summed E-state index contributed by atoms with van der Waals surface area (Å²) < 4.78 is 1.93. The monoisotopic (exact) mass is 231 g/mol. The highest BCUT2D eigenvalue weighted by Gasteiger charge is 2.03. The van der Waals surface area contributed by atoms with Crippen molar-refractivity contribution in [1.82, 2.24) is 20.0 Å². The van der Waals surface area contributed by atoms with Crippen molar-refractivity contribution in [3.05, 3.63) is 24.5 Å². The van der Waals surface area contributed by atoms with E-state index in [-0.39, 0.29) is 0 Å². The van der Waals surface area contributed by atoms with Gasteiger partial charge in [0, 0.05) is 24.8 Å². The van der Waals surface area contributed by atoms with E-state index >= 15 is 0 Å². The second-order valence-electron chi connectivity index (χ2n) is 3.83. The van der Waals surface area contributed by atoms with Crippen LogP contribution in [0.25, 0.3) is 11.3 Å². The minimum atomic E-state index is 0.803. The standard InChI is InChI=1S/C12H17N5/c1-3-7-17-9-10(8-14-17)11-5-6-12(13-4-2)16-15-11/h5-6,8-9H,3-4,7H2,1-2H3,(H,13,16). The minimum absolute atomic E-state index is 0.803. The van der Waals surface area contributed by atoms with Crippen LogP contribution in [0.1, 0.15) is 20.3 Å². The Balaban J connectivity index is 2.15. The maximum Gasteiger partial charge on any atom is 0.148 e. The number of aromatic nitrogens is 4. The van der Waals surface area contributed by atoms with Crippen LogP contribution >= 0.6 is 0 Å². The van der Waals surface area contributed by atoms with E-state index in [1.807, 2.05) is 36.1 Å². The molecule has 5 heteroatoms. The fourth-order valence-corrected chi connectivity index (χ4v) is 1.61. The van der Waals surface area contributed by atoms with E-state index in [1.165, 1.54) is 0 Å². The third kappa shape index (κ3) is 2.81. The van der Waals surface area contributed by atoms with E-state index in [9.17, 15) is 0 Å². The summed E-state index contributed by atoms with van der Waals surface area (Å²) in [5, 5.41) is 15.7. The summed E-state index contributed by atoms with van der Waals surface area (Å²) in [5.74, 6) is 0.803. The van der Waals surface area contributed by atoms with Gasteiger partial charge in [0.1, 0.15) is 5.82 Å². The molecule has 0 saturated carbocycles. The first-order valence-electron chi connectivity index (χ1n) is 5.94. The zero-order valence-corrected chi connectivity index (χ0v) is 10.2. The van der Waals surface area contributed by atoms with Gasteiger partial charge in [0.05, 0.1) is 11.9 Å². The van der Waals surface area contributed by atoms with Crippen molar-refractivity contribution in [2.24, 2.45) is 0 Å². The van der Waals surface area contributed by atoms with Gasteiger partial charge < -0.3 is 5.32 Å². The van der Waals surface area contributed by atoms with E-state index in [4.69, 9.17) is 0 Å². The second-order valence-corrected chi connectivity index (χ2v) is 3.83. The summed E-state index contributed by atoms with van der Waals surface area (Å²) in [7, 11) is 0. The van der Waals surface area contributed by atoms with Crippen LogP contribution < -0.4 is 5.32 Å². The molecule has 0 atom stereocenters. The number of nitrogens with zero attached hydrogens (tertiary/aromatic N) is 4. The van der Waals surface area contributed by atoms with Crippen molar-refractivity contribution in [3.63, 3.8) is 0 Å². The molecular weight excluding hydrogens is 214 g/mol. The molecule has 5 nitrogen and oxygen atoms in total. The minimum Gasteiger partial charge on any atom is -0.369 e. The molecule has 0 bridgehead atoms. The maximum absolute atomic E-state index is 4.27.